The molecule has 120 valence electrons. The van der Waals surface area contributed by atoms with Gasteiger partial charge in [-0.1, -0.05) is 6.07 Å². The van der Waals surface area contributed by atoms with Crippen LogP contribution in [0.2, 0.25) is 0 Å². The first-order valence-corrected chi connectivity index (χ1v) is 8.22. The molecular weight excluding hydrogens is 382 g/mol. The molecule has 2 aromatic rings. The second-order valence-corrected chi connectivity index (χ2v) is 6.86. The molecule has 0 aliphatic rings. The first-order chi connectivity index (χ1) is 11.1. The van der Waals surface area contributed by atoms with Gasteiger partial charge < -0.3 is 14.8 Å². The van der Waals surface area contributed by atoms with E-state index in [0.717, 1.165) is 8.66 Å². The molecule has 0 spiro atoms. The number of rotatable bonds is 6. The Bertz CT molecular complexity index is 726. The van der Waals surface area contributed by atoms with E-state index in [1.807, 2.05) is 12.1 Å². The van der Waals surface area contributed by atoms with Crippen LogP contribution in [0.25, 0.3) is 6.08 Å². The third-order valence-electron chi connectivity index (χ3n) is 2.68. The third-order valence-corrected chi connectivity index (χ3v) is 4.27. The average Bonchev–Trinajstić information content (AvgIpc) is 2.96. The van der Waals surface area contributed by atoms with Crippen LogP contribution in [0, 0.1) is 0 Å². The molecule has 1 heterocycles. The predicted molar refractivity (Wildman–Crippen MR) is 93.6 cm³/mol. The van der Waals surface area contributed by atoms with Gasteiger partial charge in [0.2, 0.25) is 0 Å². The number of benzene rings is 1. The minimum atomic E-state index is -0.574. The van der Waals surface area contributed by atoms with Crippen molar-refractivity contribution in [2.24, 2.45) is 0 Å². The summed E-state index contributed by atoms with van der Waals surface area (Å²) in [6.07, 6.45) is 2.93. The Labute approximate surface area is 146 Å². The van der Waals surface area contributed by atoms with Gasteiger partial charge >= 0.3 is 5.97 Å². The SMILES string of the molecule is COc1cccc(NC(=O)COC(=O)/C=C/c2ccc(Br)s2)c1. The van der Waals surface area contributed by atoms with E-state index in [1.165, 1.54) is 17.4 Å². The van der Waals surface area contributed by atoms with Crippen molar-refractivity contribution in [3.8, 4) is 5.75 Å². The number of carbonyl (C=O) groups is 2. The molecule has 0 saturated heterocycles. The lowest BCUT2D eigenvalue weighted by atomic mass is 10.3. The summed E-state index contributed by atoms with van der Waals surface area (Å²) in [5, 5.41) is 2.62. The van der Waals surface area contributed by atoms with Crippen LogP contribution in [0.4, 0.5) is 5.69 Å². The monoisotopic (exact) mass is 395 g/mol. The third kappa shape index (κ3) is 5.88. The number of carbonyl (C=O) groups excluding carboxylic acids is 2. The summed E-state index contributed by atoms with van der Waals surface area (Å²) in [6, 6.07) is 10.7. The van der Waals surface area contributed by atoms with Crippen LogP contribution in [0.1, 0.15) is 4.88 Å². The smallest absolute Gasteiger partial charge is 0.331 e. The Kier molecular flexibility index (Phi) is 6.37. The normalized spacial score (nSPS) is 10.5. The van der Waals surface area contributed by atoms with E-state index in [0.29, 0.717) is 11.4 Å². The first-order valence-electron chi connectivity index (χ1n) is 6.61. The van der Waals surface area contributed by atoms with Gasteiger partial charge in [-0.05, 0) is 46.3 Å². The molecule has 0 unspecified atom stereocenters. The Morgan fingerprint density at radius 3 is 2.83 bits per heavy atom. The number of thiophene rings is 1. The number of ether oxygens (including phenoxy) is 2. The molecule has 0 radical (unpaired) electrons. The number of nitrogens with one attached hydrogen (secondary N) is 1. The van der Waals surface area contributed by atoms with Crippen LogP contribution in [-0.2, 0) is 14.3 Å². The van der Waals surface area contributed by atoms with Gasteiger partial charge in [0.15, 0.2) is 6.61 Å². The topological polar surface area (TPSA) is 64.6 Å². The molecule has 23 heavy (non-hydrogen) atoms. The minimum absolute atomic E-state index is 0.353. The maximum atomic E-state index is 11.7. The zero-order valence-electron chi connectivity index (χ0n) is 12.2. The number of hydrogen-bond donors (Lipinski definition) is 1. The average molecular weight is 396 g/mol. The van der Waals surface area contributed by atoms with Crippen LogP contribution >= 0.6 is 27.3 Å². The van der Waals surface area contributed by atoms with E-state index in [9.17, 15) is 9.59 Å². The van der Waals surface area contributed by atoms with Gasteiger partial charge in [0, 0.05) is 22.7 Å². The van der Waals surface area contributed by atoms with Crippen LogP contribution in [-0.4, -0.2) is 25.6 Å². The van der Waals surface area contributed by atoms with E-state index >= 15 is 0 Å². The van der Waals surface area contributed by atoms with Crippen molar-refractivity contribution < 1.29 is 19.1 Å². The highest BCUT2D eigenvalue weighted by molar-refractivity contribution is 9.11. The summed E-state index contributed by atoms with van der Waals surface area (Å²) < 4.78 is 10.9. The zero-order chi connectivity index (χ0) is 16.7. The van der Waals surface area contributed by atoms with Crippen LogP contribution in [0.5, 0.6) is 5.75 Å². The summed E-state index contributed by atoms with van der Waals surface area (Å²) in [4.78, 5) is 24.2. The lowest BCUT2D eigenvalue weighted by Crippen LogP contribution is -2.20. The van der Waals surface area contributed by atoms with Crippen molar-refractivity contribution in [3.05, 3.63) is 51.1 Å². The lowest BCUT2D eigenvalue weighted by Gasteiger charge is -2.06. The summed E-state index contributed by atoms with van der Waals surface area (Å²) in [5.74, 6) is -0.362. The molecule has 1 aromatic heterocycles. The lowest BCUT2D eigenvalue weighted by molar-refractivity contribution is -0.142. The molecule has 5 nitrogen and oxygen atoms in total. The summed E-state index contributed by atoms with van der Waals surface area (Å²) in [5.41, 5.74) is 0.573. The summed E-state index contributed by atoms with van der Waals surface area (Å²) in [7, 11) is 1.54. The molecule has 0 bridgehead atoms. The van der Waals surface area contributed by atoms with Crippen molar-refractivity contribution in [3.63, 3.8) is 0 Å². The van der Waals surface area contributed by atoms with Gasteiger partial charge in [-0.2, -0.15) is 0 Å². The molecule has 1 amide bonds. The highest BCUT2D eigenvalue weighted by Crippen LogP contribution is 2.23. The number of anilines is 1. The highest BCUT2D eigenvalue weighted by Gasteiger charge is 2.06. The Hall–Kier alpha value is -2.12. The fourth-order valence-electron chi connectivity index (χ4n) is 1.65. The Balaban J connectivity index is 1.79. The van der Waals surface area contributed by atoms with Gasteiger partial charge in [-0.3, -0.25) is 4.79 Å². The van der Waals surface area contributed by atoms with E-state index in [4.69, 9.17) is 9.47 Å². The standard InChI is InChI=1S/C16H14BrNO4S/c1-21-12-4-2-3-11(9-12)18-15(19)10-22-16(20)8-6-13-5-7-14(17)23-13/h2-9H,10H2,1H3,(H,18,19)/b8-6+. The van der Waals surface area contributed by atoms with Gasteiger partial charge in [0.1, 0.15) is 5.75 Å². The minimum Gasteiger partial charge on any atom is -0.497 e. The molecule has 0 fully saturated rings. The molecule has 2 rings (SSSR count). The van der Waals surface area contributed by atoms with Crippen LogP contribution in [0.3, 0.4) is 0 Å². The van der Waals surface area contributed by atoms with Gasteiger partial charge in [0.25, 0.3) is 5.91 Å². The molecular formula is C16H14BrNO4S. The first kappa shape index (κ1) is 17.2. The number of hydrogen-bond acceptors (Lipinski definition) is 5. The van der Waals surface area contributed by atoms with Crippen molar-refractivity contribution in [1.29, 1.82) is 0 Å². The van der Waals surface area contributed by atoms with Crippen LogP contribution < -0.4 is 10.1 Å². The molecule has 0 aliphatic heterocycles. The number of amides is 1. The van der Waals surface area contributed by atoms with Crippen molar-refractivity contribution in [1.82, 2.24) is 0 Å². The number of methoxy groups -OCH3 is 1. The molecule has 7 heteroatoms. The largest absolute Gasteiger partial charge is 0.497 e. The predicted octanol–water partition coefficient (Wildman–Crippen LogP) is 3.71. The fourth-order valence-corrected chi connectivity index (χ4v) is 2.98. The van der Waals surface area contributed by atoms with E-state index in [-0.39, 0.29) is 6.61 Å². The molecule has 0 atom stereocenters. The van der Waals surface area contributed by atoms with Crippen molar-refractivity contribution in [2.45, 2.75) is 0 Å². The molecule has 0 saturated carbocycles. The quantitative estimate of drug-likeness (QED) is 0.597. The molecule has 0 aliphatic carbocycles. The van der Waals surface area contributed by atoms with Gasteiger partial charge in [-0.25, -0.2) is 4.79 Å². The van der Waals surface area contributed by atoms with Crippen molar-refractivity contribution >= 4 is 50.9 Å². The van der Waals surface area contributed by atoms with Crippen LogP contribution in [0.15, 0.2) is 46.3 Å². The van der Waals surface area contributed by atoms with Gasteiger partial charge in [0.05, 0.1) is 10.9 Å². The number of esters is 1. The Morgan fingerprint density at radius 2 is 2.13 bits per heavy atom. The van der Waals surface area contributed by atoms with Crippen molar-refractivity contribution in [2.75, 3.05) is 19.0 Å². The van der Waals surface area contributed by atoms with E-state index < -0.39 is 11.9 Å². The van der Waals surface area contributed by atoms with E-state index in [2.05, 4.69) is 21.2 Å². The second kappa shape index (κ2) is 8.50. The highest BCUT2D eigenvalue weighted by atomic mass is 79.9. The Morgan fingerprint density at radius 1 is 1.30 bits per heavy atom. The molecule has 1 N–H and O–H groups in total. The summed E-state index contributed by atoms with van der Waals surface area (Å²) >= 11 is 4.83. The maximum absolute atomic E-state index is 11.7. The number of halogens is 1. The second-order valence-electron chi connectivity index (χ2n) is 4.36. The maximum Gasteiger partial charge on any atom is 0.331 e. The molecule has 1 aromatic carbocycles. The fraction of sp³-hybridized carbons (Fsp3) is 0.125. The zero-order valence-corrected chi connectivity index (χ0v) is 14.6. The summed E-state index contributed by atoms with van der Waals surface area (Å²) in [6.45, 7) is -0.353. The van der Waals surface area contributed by atoms with Gasteiger partial charge in [-0.15, -0.1) is 11.3 Å². The van der Waals surface area contributed by atoms with E-state index in [1.54, 1.807) is 37.5 Å².